The Bertz CT molecular complexity index is 1140. The van der Waals surface area contributed by atoms with Gasteiger partial charge in [0.1, 0.15) is 5.82 Å². The minimum atomic E-state index is -0.362. The van der Waals surface area contributed by atoms with Crippen LogP contribution >= 0.6 is 23.5 Å². The fraction of sp³-hybridized carbons (Fsp3) is 0.227. The molecule has 0 radical (unpaired) electrons. The Hall–Kier alpha value is -2.58. The Morgan fingerprint density at radius 3 is 2.63 bits per heavy atom. The second-order valence-electron chi connectivity index (χ2n) is 7.12. The second-order valence-corrected chi connectivity index (χ2v) is 9.51. The smallest absolute Gasteiger partial charge is 0.272 e. The van der Waals surface area contributed by atoms with Crippen LogP contribution in [0.25, 0.3) is 5.69 Å². The largest absolute Gasteiger partial charge is 0.325 e. The standard InChI is InChI=1S/C22H20FN3O2S2/c1-13-3-9-17(10-4-13)26-21(28)20-18(11-14(2)30-20)25-22(26)29-12-19(27)24-16-7-5-15(23)6-8-16/h3-10,14H,11-12H2,1-2H3,(H,24,27). The molecule has 4 rings (SSSR count). The van der Waals surface area contributed by atoms with Gasteiger partial charge in [0.25, 0.3) is 5.56 Å². The molecule has 1 atom stereocenters. The lowest BCUT2D eigenvalue weighted by Gasteiger charge is -2.14. The number of carbonyl (C=O) groups excluding carboxylic acids is 1. The molecule has 0 fully saturated rings. The van der Waals surface area contributed by atoms with Gasteiger partial charge in [-0.25, -0.2) is 9.37 Å². The molecule has 1 aliphatic rings. The number of hydrogen-bond acceptors (Lipinski definition) is 5. The Balaban J connectivity index is 1.61. The third kappa shape index (κ3) is 4.44. The van der Waals surface area contributed by atoms with Crippen molar-refractivity contribution < 1.29 is 9.18 Å². The normalized spacial score (nSPS) is 15.1. The Morgan fingerprint density at radius 2 is 1.93 bits per heavy atom. The van der Waals surface area contributed by atoms with Gasteiger partial charge < -0.3 is 5.32 Å². The minimum Gasteiger partial charge on any atom is -0.325 e. The molecule has 2 heterocycles. The molecule has 1 amide bonds. The van der Waals surface area contributed by atoms with Crippen LogP contribution in [0.15, 0.2) is 63.4 Å². The van der Waals surface area contributed by atoms with Crippen molar-refractivity contribution in [1.82, 2.24) is 9.55 Å². The molecule has 154 valence electrons. The third-order valence-electron chi connectivity index (χ3n) is 4.63. The number of amides is 1. The molecule has 30 heavy (non-hydrogen) atoms. The monoisotopic (exact) mass is 441 g/mol. The SMILES string of the molecule is Cc1ccc(-n2c(SCC(=O)Nc3ccc(F)cc3)nc3c(c2=O)SC(C)C3)cc1. The first-order valence-electron chi connectivity index (χ1n) is 9.48. The van der Waals surface area contributed by atoms with E-state index in [9.17, 15) is 14.0 Å². The van der Waals surface area contributed by atoms with E-state index in [1.807, 2.05) is 31.2 Å². The van der Waals surface area contributed by atoms with Crippen LogP contribution in [0, 0.1) is 12.7 Å². The number of thioether (sulfide) groups is 2. The van der Waals surface area contributed by atoms with E-state index in [-0.39, 0.29) is 23.0 Å². The van der Waals surface area contributed by atoms with E-state index in [1.165, 1.54) is 36.0 Å². The van der Waals surface area contributed by atoms with Crippen molar-refractivity contribution in [2.45, 2.75) is 35.6 Å². The number of halogens is 1. The maximum Gasteiger partial charge on any atom is 0.272 e. The van der Waals surface area contributed by atoms with Crippen LogP contribution in [0.3, 0.4) is 0 Å². The lowest BCUT2D eigenvalue weighted by Crippen LogP contribution is -2.24. The number of carbonyl (C=O) groups is 1. The van der Waals surface area contributed by atoms with Crippen LogP contribution in [-0.2, 0) is 11.2 Å². The van der Waals surface area contributed by atoms with Crippen molar-refractivity contribution >= 4 is 35.1 Å². The first-order valence-corrected chi connectivity index (χ1v) is 11.3. The van der Waals surface area contributed by atoms with E-state index >= 15 is 0 Å². The van der Waals surface area contributed by atoms with Gasteiger partial charge in [-0.2, -0.15) is 0 Å². The summed E-state index contributed by atoms with van der Waals surface area (Å²) in [5.74, 6) is -0.532. The first-order chi connectivity index (χ1) is 14.4. The van der Waals surface area contributed by atoms with Crippen LogP contribution < -0.4 is 10.9 Å². The average Bonchev–Trinajstić information content (AvgIpc) is 3.10. The zero-order valence-electron chi connectivity index (χ0n) is 16.5. The fourth-order valence-electron chi connectivity index (χ4n) is 3.18. The molecule has 0 saturated carbocycles. The predicted octanol–water partition coefficient (Wildman–Crippen LogP) is 4.45. The summed E-state index contributed by atoms with van der Waals surface area (Å²) in [7, 11) is 0. The zero-order valence-corrected chi connectivity index (χ0v) is 18.1. The molecule has 8 heteroatoms. The van der Waals surface area contributed by atoms with Gasteiger partial charge in [-0.1, -0.05) is 36.4 Å². The van der Waals surface area contributed by atoms with Gasteiger partial charge >= 0.3 is 0 Å². The molecule has 3 aromatic rings. The summed E-state index contributed by atoms with van der Waals surface area (Å²) in [4.78, 5) is 31.0. The minimum absolute atomic E-state index is 0.0805. The highest BCUT2D eigenvalue weighted by Crippen LogP contribution is 2.34. The van der Waals surface area contributed by atoms with Crippen LogP contribution in [0.1, 0.15) is 18.2 Å². The topological polar surface area (TPSA) is 64.0 Å². The fourth-order valence-corrected chi connectivity index (χ4v) is 5.10. The van der Waals surface area contributed by atoms with Crippen molar-refractivity contribution in [2.24, 2.45) is 0 Å². The molecule has 1 aromatic heterocycles. The molecule has 0 aliphatic carbocycles. The Morgan fingerprint density at radius 1 is 1.23 bits per heavy atom. The maximum atomic E-state index is 13.2. The molecule has 0 saturated heterocycles. The molecule has 1 unspecified atom stereocenters. The summed E-state index contributed by atoms with van der Waals surface area (Å²) in [6, 6.07) is 13.3. The number of fused-ring (bicyclic) bond motifs is 1. The van der Waals surface area contributed by atoms with E-state index in [4.69, 9.17) is 4.98 Å². The number of anilines is 1. The zero-order chi connectivity index (χ0) is 21.3. The van der Waals surface area contributed by atoms with E-state index in [2.05, 4.69) is 12.2 Å². The quantitative estimate of drug-likeness (QED) is 0.468. The summed E-state index contributed by atoms with van der Waals surface area (Å²) in [5, 5.41) is 3.53. The first kappa shape index (κ1) is 20.7. The van der Waals surface area contributed by atoms with Crippen LogP contribution in [0.2, 0.25) is 0 Å². The van der Waals surface area contributed by atoms with Gasteiger partial charge in [0.05, 0.1) is 22.0 Å². The summed E-state index contributed by atoms with van der Waals surface area (Å²) in [5.41, 5.74) is 3.03. The molecular weight excluding hydrogens is 421 g/mol. The summed E-state index contributed by atoms with van der Waals surface area (Å²) in [6.45, 7) is 4.06. The van der Waals surface area contributed by atoms with Crippen molar-refractivity contribution in [3.63, 3.8) is 0 Å². The highest BCUT2D eigenvalue weighted by Gasteiger charge is 2.27. The van der Waals surface area contributed by atoms with Crippen molar-refractivity contribution in [1.29, 1.82) is 0 Å². The van der Waals surface area contributed by atoms with E-state index in [1.54, 1.807) is 16.3 Å². The lowest BCUT2D eigenvalue weighted by molar-refractivity contribution is -0.113. The summed E-state index contributed by atoms with van der Waals surface area (Å²) in [6.07, 6.45) is 0.735. The van der Waals surface area contributed by atoms with Gasteiger partial charge in [-0.3, -0.25) is 14.2 Å². The second kappa shape index (κ2) is 8.65. The number of hydrogen-bond donors (Lipinski definition) is 1. The average molecular weight is 442 g/mol. The van der Waals surface area contributed by atoms with Gasteiger partial charge in [0, 0.05) is 17.4 Å². The predicted molar refractivity (Wildman–Crippen MR) is 119 cm³/mol. The third-order valence-corrected chi connectivity index (χ3v) is 6.79. The number of nitrogens with one attached hydrogen (secondary N) is 1. The molecule has 1 N–H and O–H groups in total. The van der Waals surface area contributed by atoms with Crippen molar-refractivity contribution in [3.8, 4) is 5.69 Å². The summed E-state index contributed by atoms with van der Waals surface area (Å²) < 4.78 is 14.6. The number of nitrogens with zero attached hydrogens (tertiary/aromatic N) is 2. The highest BCUT2D eigenvalue weighted by atomic mass is 32.2. The number of aromatic nitrogens is 2. The Kier molecular flexibility index (Phi) is 5.97. The highest BCUT2D eigenvalue weighted by molar-refractivity contribution is 8.00. The van der Waals surface area contributed by atoms with Crippen LogP contribution in [-0.4, -0.2) is 26.5 Å². The molecular formula is C22H20FN3O2S2. The molecule has 0 bridgehead atoms. The van der Waals surface area contributed by atoms with Crippen LogP contribution in [0.4, 0.5) is 10.1 Å². The van der Waals surface area contributed by atoms with E-state index < -0.39 is 0 Å². The molecule has 5 nitrogen and oxygen atoms in total. The van der Waals surface area contributed by atoms with Gasteiger partial charge in [-0.15, -0.1) is 11.8 Å². The number of aryl methyl sites for hydroxylation is 1. The molecule has 1 aliphatic heterocycles. The summed E-state index contributed by atoms with van der Waals surface area (Å²) >= 11 is 2.77. The molecule has 0 spiro atoms. The van der Waals surface area contributed by atoms with E-state index in [0.717, 1.165) is 23.4 Å². The van der Waals surface area contributed by atoms with Gasteiger partial charge in [0.15, 0.2) is 5.16 Å². The number of benzene rings is 2. The van der Waals surface area contributed by atoms with Gasteiger partial charge in [0.2, 0.25) is 5.91 Å². The molecule has 2 aromatic carbocycles. The Labute approximate surface area is 182 Å². The van der Waals surface area contributed by atoms with Crippen molar-refractivity contribution in [3.05, 3.63) is 76.0 Å². The van der Waals surface area contributed by atoms with Gasteiger partial charge in [-0.05, 0) is 43.3 Å². The maximum absolute atomic E-state index is 13.2. The number of rotatable bonds is 5. The lowest BCUT2D eigenvalue weighted by atomic mass is 10.2. The van der Waals surface area contributed by atoms with E-state index in [0.29, 0.717) is 21.0 Å². The van der Waals surface area contributed by atoms with Crippen molar-refractivity contribution in [2.75, 3.05) is 11.1 Å². The van der Waals surface area contributed by atoms with Crippen LogP contribution in [0.5, 0.6) is 0 Å².